The summed E-state index contributed by atoms with van der Waals surface area (Å²) in [6.07, 6.45) is 1.54. The third-order valence-electron chi connectivity index (χ3n) is 3.67. The first kappa shape index (κ1) is 14.0. The first-order valence-corrected chi connectivity index (χ1v) is 7.59. The zero-order valence-electron chi connectivity index (χ0n) is 12.2. The first-order chi connectivity index (χ1) is 10.1. The van der Waals surface area contributed by atoms with Crippen LogP contribution in [0.2, 0.25) is 0 Å². The number of aromatic amines is 1. The van der Waals surface area contributed by atoms with Crippen molar-refractivity contribution in [1.29, 1.82) is 0 Å². The van der Waals surface area contributed by atoms with Gasteiger partial charge in [0.05, 0.1) is 12.7 Å². The number of rotatable bonds is 4. The van der Waals surface area contributed by atoms with Gasteiger partial charge in [-0.3, -0.25) is 14.4 Å². The van der Waals surface area contributed by atoms with Crippen molar-refractivity contribution in [1.82, 2.24) is 24.6 Å². The van der Waals surface area contributed by atoms with E-state index in [4.69, 9.17) is 0 Å². The topological polar surface area (TPSA) is 66.8 Å². The molecule has 110 valence electrons. The zero-order valence-corrected chi connectivity index (χ0v) is 13.0. The summed E-state index contributed by atoms with van der Waals surface area (Å²) >= 11 is 1.73. The molecule has 0 aliphatic heterocycles. The molecule has 3 rings (SSSR count). The van der Waals surface area contributed by atoms with Crippen molar-refractivity contribution in [3.63, 3.8) is 0 Å². The van der Waals surface area contributed by atoms with Crippen molar-refractivity contribution in [3.8, 4) is 0 Å². The largest absolute Gasteiger partial charge is 0.309 e. The average Bonchev–Trinajstić information content (AvgIpc) is 3.09. The fraction of sp³-hybridized carbons (Fsp3) is 0.357. The summed E-state index contributed by atoms with van der Waals surface area (Å²) in [5.74, 6) is 0.655. The van der Waals surface area contributed by atoms with E-state index in [2.05, 4.69) is 38.3 Å². The van der Waals surface area contributed by atoms with Gasteiger partial charge in [0.25, 0.3) is 5.56 Å². The molecule has 21 heavy (non-hydrogen) atoms. The Balaban J connectivity index is 1.87. The van der Waals surface area contributed by atoms with Crippen molar-refractivity contribution in [3.05, 3.63) is 44.8 Å². The molecule has 3 aromatic rings. The van der Waals surface area contributed by atoms with Gasteiger partial charge in [-0.2, -0.15) is 5.10 Å². The van der Waals surface area contributed by atoms with Crippen LogP contribution in [0.1, 0.15) is 23.7 Å². The van der Waals surface area contributed by atoms with Crippen LogP contribution in [-0.2, 0) is 13.6 Å². The van der Waals surface area contributed by atoms with E-state index in [0.717, 1.165) is 0 Å². The third-order valence-corrected chi connectivity index (χ3v) is 4.71. The third kappa shape index (κ3) is 2.62. The predicted octanol–water partition coefficient (Wildman–Crippen LogP) is 1.91. The van der Waals surface area contributed by atoms with Gasteiger partial charge in [0.1, 0.15) is 11.2 Å². The maximum Gasteiger partial charge on any atom is 0.262 e. The van der Waals surface area contributed by atoms with Crippen LogP contribution in [-0.4, -0.2) is 31.7 Å². The number of aryl methyl sites for hydroxylation is 1. The SMILES string of the molecule is C[C@@H](c1cccs1)N(C)Cc1nc2c(cnn2C)c(=O)[nH]1. The molecule has 1 atom stereocenters. The number of hydrogen-bond donors (Lipinski definition) is 1. The van der Waals surface area contributed by atoms with Gasteiger partial charge in [-0.15, -0.1) is 11.3 Å². The molecule has 3 aromatic heterocycles. The molecular weight excluding hydrogens is 286 g/mol. The van der Waals surface area contributed by atoms with Crippen LogP contribution in [0.4, 0.5) is 0 Å². The number of hydrogen-bond acceptors (Lipinski definition) is 5. The van der Waals surface area contributed by atoms with Crippen LogP contribution >= 0.6 is 11.3 Å². The Morgan fingerprint density at radius 2 is 2.33 bits per heavy atom. The molecule has 3 heterocycles. The Labute approximate surface area is 126 Å². The number of H-pyrrole nitrogens is 1. The Morgan fingerprint density at radius 3 is 3.05 bits per heavy atom. The lowest BCUT2D eigenvalue weighted by Crippen LogP contribution is -2.24. The van der Waals surface area contributed by atoms with Crippen molar-refractivity contribution in [2.75, 3.05) is 7.05 Å². The van der Waals surface area contributed by atoms with E-state index in [9.17, 15) is 4.79 Å². The predicted molar refractivity (Wildman–Crippen MR) is 83.3 cm³/mol. The second-order valence-electron chi connectivity index (χ2n) is 5.12. The molecular formula is C14H17N5OS. The van der Waals surface area contributed by atoms with Gasteiger partial charge in [0.2, 0.25) is 0 Å². The maximum atomic E-state index is 12.0. The van der Waals surface area contributed by atoms with Gasteiger partial charge in [0, 0.05) is 18.0 Å². The smallest absolute Gasteiger partial charge is 0.262 e. The van der Waals surface area contributed by atoms with Gasteiger partial charge in [-0.1, -0.05) is 6.07 Å². The lowest BCUT2D eigenvalue weighted by atomic mass is 10.2. The molecule has 0 aliphatic carbocycles. The van der Waals surface area contributed by atoms with Crippen LogP contribution < -0.4 is 5.56 Å². The van der Waals surface area contributed by atoms with Gasteiger partial charge >= 0.3 is 0 Å². The van der Waals surface area contributed by atoms with Crippen LogP contribution in [0.15, 0.2) is 28.5 Å². The molecule has 0 bridgehead atoms. The molecule has 0 amide bonds. The average molecular weight is 303 g/mol. The first-order valence-electron chi connectivity index (χ1n) is 6.71. The monoisotopic (exact) mass is 303 g/mol. The number of nitrogens with one attached hydrogen (secondary N) is 1. The Hall–Kier alpha value is -1.99. The zero-order chi connectivity index (χ0) is 15.0. The van der Waals surface area contributed by atoms with E-state index < -0.39 is 0 Å². The number of aromatic nitrogens is 4. The van der Waals surface area contributed by atoms with Gasteiger partial charge in [-0.25, -0.2) is 4.98 Å². The minimum Gasteiger partial charge on any atom is -0.309 e. The van der Waals surface area contributed by atoms with Crippen molar-refractivity contribution in [2.45, 2.75) is 19.5 Å². The summed E-state index contributed by atoms with van der Waals surface area (Å²) in [7, 11) is 3.81. The van der Waals surface area contributed by atoms with Gasteiger partial charge < -0.3 is 4.98 Å². The van der Waals surface area contributed by atoms with Crippen molar-refractivity contribution in [2.24, 2.45) is 7.05 Å². The van der Waals surface area contributed by atoms with Crippen LogP contribution in [0.5, 0.6) is 0 Å². The molecule has 1 N–H and O–H groups in total. The summed E-state index contributed by atoms with van der Waals surface area (Å²) in [5, 5.41) is 6.67. The summed E-state index contributed by atoms with van der Waals surface area (Å²) < 4.78 is 1.62. The van der Waals surface area contributed by atoms with Gasteiger partial charge in [0.15, 0.2) is 5.65 Å². The van der Waals surface area contributed by atoms with Crippen LogP contribution in [0.25, 0.3) is 11.0 Å². The van der Waals surface area contributed by atoms with E-state index >= 15 is 0 Å². The number of thiophene rings is 1. The highest BCUT2D eigenvalue weighted by Crippen LogP contribution is 2.24. The maximum absolute atomic E-state index is 12.0. The molecule has 7 heteroatoms. The van der Waals surface area contributed by atoms with E-state index in [1.54, 1.807) is 29.3 Å². The minimum atomic E-state index is -0.139. The lowest BCUT2D eigenvalue weighted by molar-refractivity contribution is 0.250. The fourth-order valence-electron chi connectivity index (χ4n) is 2.27. The number of nitrogens with zero attached hydrogens (tertiary/aromatic N) is 4. The highest BCUT2D eigenvalue weighted by molar-refractivity contribution is 7.10. The molecule has 0 spiro atoms. The quantitative estimate of drug-likeness (QED) is 0.799. The Kier molecular flexibility index (Phi) is 3.60. The van der Waals surface area contributed by atoms with E-state index in [0.29, 0.717) is 23.4 Å². The molecule has 0 radical (unpaired) electrons. The Morgan fingerprint density at radius 1 is 1.52 bits per heavy atom. The highest BCUT2D eigenvalue weighted by Gasteiger charge is 2.15. The van der Waals surface area contributed by atoms with Crippen LogP contribution in [0, 0.1) is 0 Å². The highest BCUT2D eigenvalue weighted by atomic mass is 32.1. The van der Waals surface area contributed by atoms with E-state index in [1.165, 1.54) is 4.88 Å². The molecule has 0 saturated heterocycles. The second-order valence-corrected chi connectivity index (χ2v) is 6.10. The minimum absolute atomic E-state index is 0.139. The van der Waals surface area contributed by atoms with Crippen LogP contribution in [0.3, 0.4) is 0 Å². The summed E-state index contributed by atoms with van der Waals surface area (Å²) in [6, 6.07) is 4.44. The van der Waals surface area contributed by atoms with Gasteiger partial charge in [-0.05, 0) is 25.4 Å². The van der Waals surface area contributed by atoms with Crippen molar-refractivity contribution >= 4 is 22.4 Å². The molecule has 0 aromatic carbocycles. The van der Waals surface area contributed by atoms with E-state index in [1.807, 2.05) is 13.1 Å². The molecule has 0 aliphatic rings. The van der Waals surface area contributed by atoms with Crippen molar-refractivity contribution < 1.29 is 0 Å². The standard InChI is InChI=1S/C14H17N5OS/c1-9(11-5-4-6-21-11)18(2)8-12-16-13-10(14(20)17-12)7-15-19(13)3/h4-7,9H,8H2,1-3H3,(H,16,17,20)/t9-/m0/s1. The fourth-order valence-corrected chi connectivity index (χ4v) is 3.12. The molecule has 0 saturated carbocycles. The van der Waals surface area contributed by atoms with E-state index in [-0.39, 0.29) is 11.6 Å². The molecule has 0 unspecified atom stereocenters. The summed E-state index contributed by atoms with van der Waals surface area (Å²) in [5.41, 5.74) is 0.478. The normalized spacial score (nSPS) is 13.1. The Bertz CT molecular complexity index is 804. The number of fused-ring (bicyclic) bond motifs is 1. The molecule has 0 fully saturated rings. The summed E-state index contributed by atoms with van der Waals surface area (Å²) in [6.45, 7) is 2.72. The second kappa shape index (κ2) is 5.42. The molecule has 6 nitrogen and oxygen atoms in total. The summed E-state index contributed by atoms with van der Waals surface area (Å²) in [4.78, 5) is 22.8. The lowest BCUT2D eigenvalue weighted by Gasteiger charge is -2.23.